The molecular formula is C15H16ClNO2. The molecule has 0 amide bonds. The molecule has 4 heteroatoms. The van der Waals surface area contributed by atoms with Crippen LogP contribution in [0.15, 0.2) is 42.6 Å². The fourth-order valence-corrected chi connectivity index (χ4v) is 1.64. The number of nitrogens with zero attached hydrogens (tertiary/aromatic N) is 1. The third kappa shape index (κ3) is 4.79. The summed E-state index contributed by atoms with van der Waals surface area (Å²) in [6, 6.07) is 11.2. The lowest BCUT2D eigenvalue weighted by Gasteiger charge is -2.08. The summed E-state index contributed by atoms with van der Waals surface area (Å²) >= 11 is 5.79. The molecule has 0 radical (unpaired) electrons. The number of ether oxygens (including phenoxy) is 2. The van der Waals surface area contributed by atoms with Crippen molar-refractivity contribution in [2.24, 2.45) is 0 Å². The maximum atomic E-state index is 5.79. The van der Waals surface area contributed by atoms with Crippen molar-refractivity contribution in [3.05, 3.63) is 53.3 Å². The molecule has 0 unspecified atom stereocenters. The van der Waals surface area contributed by atoms with Crippen molar-refractivity contribution in [1.82, 2.24) is 4.98 Å². The van der Waals surface area contributed by atoms with Crippen LogP contribution in [-0.2, 0) is 0 Å². The smallest absolute Gasteiger partial charge is 0.137 e. The van der Waals surface area contributed by atoms with Gasteiger partial charge >= 0.3 is 0 Å². The Morgan fingerprint density at radius 2 is 1.58 bits per heavy atom. The van der Waals surface area contributed by atoms with E-state index in [9.17, 15) is 0 Å². The first kappa shape index (κ1) is 13.7. The van der Waals surface area contributed by atoms with Crippen LogP contribution in [0, 0.1) is 6.92 Å². The van der Waals surface area contributed by atoms with Crippen molar-refractivity contribution < 1.29 is 9.47 Å². The molecule has 0 fully saturated rings. The van der Waals surface area contributed by atoms with Crippen molar-refractivity contribution >= 4 is 11.6 Å². The van der Waals surface area contributed by atoms with Gasteiger partial charge in [0.2, 0.25) is 0 Å². The zero-order chi connectivity index (χ0) is 13.5. The fraction of sp³-hybridized carbons (Fsp3) is 0.267. The van der Waals surface area contributed by atoms with Crippen molar-refractivity contribution in [3.63, 3.8) is 0 Å². The molecule has 0 N–H and O–H groups in total. The summed E-state index contributed by atoms with van der Waals surface area (Å²) in [6.07, 6.45) is 2.55. The van der Waals surface area contributed by atoms with Crippen LogP contribution in [0.3, 0.4) is 0 Å². The van der Waals surface area contributed by atoms with Gasteiger partial charge in [-0.15, -0.1) is 0 Å². The molecule has 0 spiro atoms. The Morgan fingerprint density at radius 1 is 0.947 bits per heavy atom. The van der Waals surface area contributed by atoms with E-state index in [4.69, 9.17) is 21.1 Å². The van der Waals surface area contributed by atoms with Crippen LogP contribution in [0.1, 0.15) is 12.1 Å². The molecule has 1 aromatic carbocycles. The summed E-state index contributed by atoms with van der Waals surface area (Å²) in [6.45, 7) is 3.17. The minimum atomic E-state index is 0.609. The van der Waals surface area contributed by atoms with E-state index in [2.05, 4.69) is 4.98 Å². The molecule has 0 saturated carbocycles. The van der Waals surface area contributed by atoms with Gasteiger partial charge in [-0.3, -0.25) is 4.98 Å². The summed E-state index contributed by atoms with van der Waals surface area (Å²) < 4.78 is 11.1. The average molecular weight is 278 g/mol. The molecule has 0 saturated heterocycles. The van der Waals surface area contributed by atoms with Gasteiger partial charge in [-0.25, -0.2) is 0 Å². The second kappa shape index (κ2) is 7.00. The normalized spacial score (nSPS) is 10.2. The highest BCUT2D eigenvalue weighted by Crippen LogP contribution is 2.15. The molecule has 1 heterocycles. The van der Waals surface area contributed by atoms with E-state index in [1.807, 2.05) is 43.3 Å². The lowest BCUT2D eigenvalue weighted by Crippen LogP contribution is -2.05. The first-order chi connectivity index (χ1) is 9.24. The predicted octanol–water partition coefficient (Wildman–Crippen LogP) is 3.89. The molecule has 2 rings (SSSR count). The number of aryl methyl sites for hydroxylation is 1. The van der Waals surface area contributed by atoms with Crippen LogP contribution in [0.5, 0.6) is 11.5 Å². The molecule has 0 aliphatic carbocycles. The Hall–Kier alpha value is -1.74. The Kier molecular flexibility index (Phi) is 5.04. The minimum Gasteiger partial charge on any atom is -0.493 e. The van der Waals surface area contributed by atoms with Crippen LogP contribution in [0.2, 0.25) is 5.02 Å². The van der Waals surface area contributed by atoms with Gasteiger partial charge in [0.05, 0.1) is 19.4 Å². The summed E-state index contributed by atoms with van der Waals surface area (Å²) in [5, 5.41) is 0.711. The molecule has 3 nitrogen and oxygen atoms in total. The number of hydrogen-bond donors (Lipinski definition) is 0. The molecule has 0 bridgehead atoms. The van der Waals surface area contributed by atoms with Gasteiger partial charge in [0, 0.05) is 17.1 Å². The Morgan fingerprint density at radius 3 is 2.21 bits per heavy atom. The van der Waals surface area contributed by atoms with Gasteiger partial charge in [-0.2, -0.15) is 0 Å². The van der Waals surface area contributed by atoms with Crippen LogP contribution >= 0.6 is 11.6 Å². The van der Waals surface area contributed by atoms with Gasteiger partial charge < -0.3 is 9.47 Å². The highest BCUT2D eigenvalue weighted by atomic mass is 35.5. The molecular weight excluding hydrogens is 262 g/mol. The third-order valence-electron chi connectivity index (χ3n) is 2.52. The van der Waals surface area contributed by atoms with Gasteiger partial charge in [-0.1, -0.05) is 11.6 Å². The number of pyridine rings is 1. The number of rotatable bonds is 6. The van der Waals surface area contributed by atoms with E-state index in [0.29, 0.717) is 18.2 Å². The number of hydrogen-bond acceptors (Lipinski definition) is 3. The maximum absolute atomic E-state index is 5.79. The average Bonchev–Trinajstić information content (AvgIpc) is 2.43. The predicted molar refractivity (Wildman–Crippen MR) is 76.0 cm³/mol. The van der Waals surface area contributed by atoms with Crippen LogP contribution in [0.4, 0.5) is 0 Å². The van der Waals surface area contributed by atoms with Crippen molar-refractivity contribution in [2.75, 3.05) is 13.2 Å². The minimum absolute atomic E-state index is 0.609. The largest absolute Gasteiger partial charge is 0.493 e. The lowest BCUT2D eigenvalue weighted by molar-refractivity contribution is 0.247. The molecule has 100 valence electrons. The molecule has 1 aromatic heterocycles. The molecule has 0 aliphatic rings. The van der Waals surface area contributed by atoms with Crippen LogP contribution in [-0.4, -0.2) is 18.2 Å². The highest BCUT2D eigenvalue weighted by molar-refractivity contribution is 6.30. The monoisotopic (exact) mass is 277 g/mol. The first-order valence-corrected chi connectivity index (χ1v) is 6.56. The second-order valence-corrected chi connectivity index (χ2v) is 4.58. The number of halogens is 1. The quantitative estimate of drug-likeness (QED) is 0.751. The molecule has 0 aliphatic heterocycles. The standard InChI is InChI=1S/C15H16ClNO2/c1-12-3-6-15(11-17-12)19-10-2-9-18-14-7-4-13(16)5-8-14/h3-8,11H,2,9-10H2,1H3. The van der Waals surface area contributed by atoms with Crippen molar-refractivity contribution in [3.8, 4) is 11.5 Å². The zero-order valence-corrected chi connectivity index (χ0v) is 11.6. The Bertz CT molecular complexity index is 449. The zero-order valence-electron chi connectivity index (χ0n) is 10.8. The summed E-state index contributed by atoms with van der Waals surface area (Å²) in [5.41, 5.74) is 0.985. The van der Waals surface area contributed by atoms with Crippen molar-refractivity contribution in [2.45, 2.75) is 13.3 Å². The number of aromatic nitrogens is 1. The number of benzene rings is 1. The van der Waals surface area contributed by atoms with E-state index < -0.39 is 0 Å². The second-order valence-electron chi connectivity index (χ2n) is 4.14. The first-order valence-electron chi connectivity index (χ1n) is 6.18. The highest BCUT2D eigenvalue weighted by Gasteiger charge is 1.96. The summed E-state index contributed by atoms with van der Waals surface area (Å²) in [4.78, 5) is 4.17. The fourth-order valence-electron chi connectivity index (χ4n) is 1.51. The molecule has 19 heavy (non-hydrogen) atoms. The third-order valence-corrected chi connectivity index (χ3v) is 2.78. The molecule has 2 aromatic rings. The van der Waals surface area contributed by atoms with Gasteiger partial charge in [0.1, 0.15) is 11.5 Å². The van der Waals surface area contributed by atoms with E-state index in [0.717, 1.165) is 23.6 Å². The Balaban J connectivity index is 1.64. The SMILES string of the molecule is Cc1ccc(OCCCOc2ccc(Cl)cc2)cn1. The molecule has 0 atom stereocenters. The van der Waals surface area contributed by atoms with E-state index in [-0.39, 0.29) is 0 Å². The van der Waals surface area contributed by atoms with Gasteiger partial charge in [0.15, 0.2) is 0 Å². The van der Waals surface area contributed by atoms with Gasteiger partial charge in [-0.05, 0) is 43.3 Å². The van der Waals surface area contributed by atoms with Crippen molar-refractivity contribution in [1.29, 1.82) is 0 Å². The lowest BCUT2D eigenvalue weighted by atomic mass is 10.3. The summed E-state index contributed by atoms with van der Waals surface area (Å²) in [5.74, 6) is 1.61. The Labute approximate surface area is 118 Å². The van der Waals surface area contributed by atoms with Crippen LogP contribution in [0.25, 0.3) is 0 Å². The van der Waals surface area contributed by atoms with E-state index in [1.54, 1.807) is 6.20 Å². The van der Waals surface area contributed by atoms with Crippen LogP contribution < -0.4 is 9.47 Å². The van der Waals surface area contributed by atoms with E-state index in [1.165, 1.54) is 0 Å². The summed E-state index contributed by atoms with van der Waals surface area (Å²) in [7, 11) is 0. The van der Waals surface area contributed by atoms with E-state index >= 15 is 0 Å². The maximum Gasteiger partial charge on any atom is 0.137 e. The van der Waals surface area contributed by atoms with Gasteiger partial charge in [0.25, 0.3) is 0 Å². The topological polar surface area (TPSA) is 31.4 Å².